The molecule has 0 aliphatic rings. The third kappa shape index (κ3) is 4.25. The summed E-state index contributed by atoms with van der Waals surface area (Å²) in [5, 5.41) is 2.62. The summed E-state index contributed by atoms with van der Waals surface area (Å²) in [6, 6.07) is 4.46. The zero-order chi connectivity index (χ0) is 11.3. The Morgan fingerprint density at radius 1 is 1.60 bits per heavy atom. The lowest BCUT2D eigenvalue weighted by Crippen LogP contribution is -2.19. The van der Waals surface area contributed by atoms with Crippen molar-refractivity contribution >= 4 is 27.9 Å². The van der Waals surface area contributed by atoms with Crippen LogP contribution in [0.1, 0.15) is 12.5 Å². The number of hydrogen-bond acceptors (Lipinski definition) is 1. The summed E-state index contributed by atoms with van der Waals surface area (Å²) in [7, 11) is 0. The van der Waals surface area contributed by atoms with Crippen LogP contribution in [0.2, 0.25) is 0 Å². The summed E-state index contributed by atoms with van der Waals surface area (Å²) in [6.07, 6.45) is 3.52. The van der Waals surface area contributed by atoms with Crippen LogP contribution in [0, 0.1) is 5.82 Å². The molecule has 0 saturated carbocycles. The number of halogens is 2. The molecule has 0 aliphatic heterocycles. The van der Waals surface area contributed by atoms with Gasteiger partial charge in [0, 0.05) is 17.9 Å². The highest BCUT2D eigenvalue weighted by atomic mass is 79.9. The van der Waals surface area contributed by atoms with Gasteiger partial charge in [-0.1, -0.05) is 28.1 Å². The fourth-order valence-corrected chi connectivity index (χ4v) is 1.41. The van der Waals surface area contributed by atoms with Crippen molar-refractivity contribution in [1.29, 1.82) is 0 Å². The summed E-state index contributed by atoms with van der Waals surface area (Å²) < 4.78 is 13.7. The van der Waals surface area contributed by atoms with Crippen molar-refractivity contribution in [1.82, 2.24) is 5.32 Å². The minimum atomic E-state index is -0.280. The smallest absolute Gasteiger partial charge is 0.217 e. The molecular formula is C11H11BrFNO. The summed E-state index contributed by atoms with van der Waals surface area (Å²) >= 11 is 3.31. The topological polar surface area (TPSA) is 29.1 Å². The second-order valence-electron chi connectivity index (χ2n) is 3.01. The van der Waals surface area contributed by atoms with E-state index in [1.165, 1.54) is 19.1 Å². The van der Waals surface area contributed by atoms with Gasteiger partial charge in [0.25, 0.3) is 0 Å². The average molecular weight is 272 g/mol. The number of rotatable bonds is 3. The SMILES string of the molecule is CC(=O)NCC=Cc1cc(F)ccc1Br. The Morgan fingerprint density at radius 2 is 2.33 bits per heavy atom. The van der Waals surface area contributed by atoms with Crippen LogP contribution in [-0.2, 0) is 4.79 Å². The Morgan fingerprint density at radius 3 is 3.00 bits per heavy atom. The van der Waals surface area contributed by atoms with E-state index in [0.29, 0.717) is 6.54 Å². The van der Waals surface area contributed by atoms with E-state index in [1.54, 1.807) is 18.2 Å². The molecule has 0 unspecified atom stereocenters. The summed E-state index contributed by atoms with van der Waals surface area (Å²) in [5.74, 6) is -0.365. The van der Waals surface area contributed by atoms with E-state index in [0.717, 1.165) is 10.0 Å². The van der Waals surface area contributed by atoms with Crippen LogP contribution < -0.4 is 5.32 Å². The normalized spacial score (nSPS) is 10.6. The van der Waals surface area contributed by atoms with Gasteiger partial charge in [0.2, 0.25) is 5.91 Å². The van der Waals surface area contributed by atoms with Gasteiger partial charge in [-0.05, 0) is 23.8 Å². The molecule has 2 nitrogen and oxygen atoms in total. The summed E-state index contributed by atoms with van der Waals surface area (Å²) in [5.41, 5.74) is 0.750. The molecule has 15 heavy (non-hydrogen) atoms. The predicted octanol–water partition coefficient (Wildman–Crippen LogP) is 2.74. The number of nitrogens with one attached hydrogen (secondary N) is 1. The van der Waals surface area contributed by atoms with Gasteiger partial charge in [0.15, 0.2) is 0 Å². The maximum atomic E-state index is 12.9. The lowest BCUT2D eigenvalue weighted by atomic mass is 10.2. The molecule has 4 heteroatoms. The molecule has 0 bridgehead atoms. The number of hydrogen-bond donors (Lipinski definition) is 1. The molecular weight excluding hydrogens is 261 g/mol. The first-order valence-corrected chi connectivity index (χ1v) is 5.25. The van der Waals surface area contributed by atoms with Gasteiger partial charge < -0.3 is 5.32 Å². The zero-order valence-electron chi connectivity index (χ0n) is 8.26. The second kappa shape index (κ2) is 5.66. The molecule has 1 N–H and O–H groups in total. The van der Waals surface area contributed by atoms with Crippen molar-refractivity contribution < 1.29 is 9.18 Å². The molecule has 0 heterocycles. The highest BCUT2D eigenvalue weighted by Gasteiger charge is 1.97. The monoisotopic (exact) mass is 271 g/mol. The molecule has 80 valence electrons. The van der Waals surface area contributed by atoms with Crippen molar-refractivity contribution in [2.45, 2.75) is 6.92 Å². The van der Waals surface area contributed by atoms with Crippen molar-refractivity contribution in [3.63, 3.8) is 0 Å². The highest BCUT2D eigenvalue weighted by Crippen LogP contribution is 2.18. The van der Waals surface area contributed by atoms with Crippen LogP contribution in [-0.4, -0.2) is 12.5 Å². The first kappa shape index (κ1) is 11.9. The van der Waals surface area contributed by atoms with Crippen molar-refractivity contribution in [3.05, 3.63) is 40.1 Å². The number of benzene rings is 1. The Balaban J connectivity index is 2.63. The van der Waals surface area contributed by atoms with Gasteiger partial charge in [-0.15, -0.1) is 0 Å². The first-order chi connectivity index (χ1) is 7.09. The quantitative estimate of drug-likeness (QED) is 0.900. The standard InChI is InChI=1S/C11H11BrFNO/c1-8(15)14-6-2-3-9-7-10(13)4-5-11(9)12/h2-5,7H,6H2,1H3,(H,14,15). The van der Waals surface area contributed by atoms with E-state index in [-0.39, 0.29) is 11.7 Å². The third-order valence-electron chi connectivity index (χ3n) is 1.72. The van der Waals surface area contributed by atoms with Crippen LogP contribution in [0.25, 0.3) is 6.08 Å². The largest absolute Gasteiger partial charge is 0.353 e. The predicted molar refractivity (Wildman–Crippen MR) is 61.8 cm³/mol. The van der Waals surface area contributed by atoms with E-state index in [4.69, 9.17) is 0 Å². The molecule has 0 radical (unpaired) electrons. The third-order valence-corrected chi connectivity index (χ3v) is 2.45. The van der Waals surface area contributed by atoms with Crippen molar-refractivity contribution in [2.75, 3.05) is 6.54 Å². The van der Waals surface area contributed by atoms with Gasteiger partial charge >= 0.3 is 0 Å². The second-order valence-corrected chi connectivity index (χ2v) is 3.86. The molecule has 1 rings (SSSR count). The van der Waals surface area contributed by atoms with E-state index in [9.17, 15) is 9.18 Å². The maximum absolute atomic E-state index is 12.9. The van der Waals surface area contributed by atoms with Gasteiger partial charge in [-0.3, -0.25) is 4.79 Å². The highest BCUT2D eigenvalue weighted by molar-refractivity contribution is 9.10. The lowest BCUT2D eigenvalue weighted by Gasteiger charge is -1.99. The van der Waals surface area contributed by atoms with E-state index in [2.05, 4.69) is 21.2 Å². The van der Waals surface area contributed by atoms with E-state index in [1.807, 2.05) is 0 Å². The Labute approximate surface area is 96.3 Å². The number of carbonyl (C=O) groups excluding carboxylic acids is 1. The molecule has 1 amide bonds. The minimum Gasteiger partial charge on any atom is -0.353 e. The van der Waals surface area contributed by atoms with Gasteiger partial charge in [-0.2, -0.15) is 0 Å². The number of amides is 1. The molecule has 0 saturated heterocycles. The van der Waals surface area contributed by atoms with Crippen LogP contribution in [0.4, 0.5) is 4.39 Å². The number of carbonyl (C=O) groups is 1. The van der Waals surface area contributed by atoms with Crippen LogP contribution in [0.3, 0.4) is 0 Å². The molecule has 1 aromatic carbocycles. The molecule has 0 spiro atoms. The summed E-state index contributed by atoms with van der Waals surface area (Å²) in [6.45, 7) is 1.89. The van der Waals surface area contributed by atoms with Crippen molar-refractivity contribution in [3.8, 4) is 0 Å². The van der Waals surface area contributed by atoms with E-state index < -0.39 is 0 Å². The fraction of sp³-hybridized carbons (Fsp3) is 0.182. The van der Waals surface area contributed by atoms with E-state index >= 15 is 0 Å². The van der Waals surface area contributed by atoms with Gasteiger partial charge in [0.1, 0.15) is 5.82 Å². The van der Waals surface area contributed by atoms with Crippen LogP contribution >= 0.6 is 15.9 Å². The molecule has 0 fully saturated rings. The average Bonchev–Trinajstić information content (AvgIpc) is 2.17. The van der Waals surface area contributed by atoms with Gasteiger partial charge in [-0.25, -0.2) is 4.39 Å². The minimum absolute atomic E-state index is 0.0852. The zero-order valence-corrected chi connectivity index (χ0v) is 9.84. The van der Waals surface area contributed by atoms with Crippen LogP contribution in [0.5, 0.6) is 0 Å². The Hall–Kier alpha value is -1.16. The molecule has 1 aromatic rings. The van der Waals surface area contributed by atoms with Crippen molar-refractivity contribution in [2.24, 2.45) is 0 Å². The maximum Gasteiger partial charge on any atom is 0.217 e. The van der Waals surface area contributed by atoms with Crippen LogP contribution in [0.15, 0.2) is 28.7 Å². The summed E-state index contributed by atoms with van der Waals surface area (Å²) in [4.78, 5) is 10.6. The molecule has 0 atom stereocenters. The Bertz CT molecular complexity index is 390. The lowest BCUT2D eigenvalue weighted by molar-refractivity contribution is -0.118. The molecule has 0 aromatic heterocycles. The molecule has 0 aliphatic carbocycles. The first-order valence-electron chi connectivity index (χ1n) is 4.45. The Kier molecular flexibility index (Phi) is 4.49. The fourth-order valence-electron chi connectivity index (χ4n) is 1.03. The van der Waals surface area contributed by atoms with Gasteiger partial charge in [0.05, 0.1) is 0 Å².